The Morgan fingerprint density at radius 1 is 0.871 bits per heavy atom. The highest BCUT2D eigenvalue weighted by molar-refractivity contribution is 6.39. The van der Waals surface area contributed by atoms with Crippen LogP contribution in [0.15, 0.2) is 58.7 Å². The van der Waals surface area contributed by atoms with Crippen LogP contribution in [0.2, 0.25) is 10.0 Å². The van der Waals surface area contributed by atoms with Crippen LogP contribution in [0, 0.1) is 11.8 Å². The van der Waals surface area contributed by atoms with Crippen molar-refractivity contribution < 1.29 is 83.3 Å². The Morgan fingerprint density at radius 2 is 1.53 bits per heavy atom. The molecule has 3 unspecified atom stereocenters. The summed E-state index contributed by atoms with van der Waals surface area (Å²) in [5.74, 6) is -4.16. The number of rotatable bonds is 14. The molecular formula is C51H72Cl2O17. The Balaban J connectivity index is 1.57. The number of esters is 2. The highest BCUT2D eigenvalue weighted by Gasteiger charge is 2.52. The van der Waals surface area contributed by atoms with E-state index in [9.17, 15) is 50.1 Å². The molecule has 3 aliphatic heterocycles. The standard InChI is InChI=1S/C51H72Cl2O17/c1-12-29-21-26(7)33(54)18-16-15-17-30(22-65-49-42(60)40(58)45(28(9)66-49)68-48(63)35-32(14-3)36(52)39(57)37(53)38(35)56)47(62)67-31(13-2)20-25(6)19-27(8)44(29)69-50-43(61)41(59)46(51(10,11)70-50)64-23-34(55)24(4)5/h15-17,19-21,24,28-29,31,33,40-46,49-50,54,56-61H,12-14,18,22-23H2,1-11H3/b16-15+,25-20+,26-21+,27-19+,30-17+/t28-,29+,31?,33?,40-,41-,42+,43+,44+,45?,46+,49-,50-/m1/s1. The molecule has 7 N–H and O–H groups in total. The molecule has 19 heteroatoms. The van der Waals surface area contributed by atoms with Crippen molar-refractivity contribution in [3.05, 3.63) is 79.9 Å². The number of aliphatic hydroxyl groups excluding tert-OH is 5. The fraction of sp³-hybridized carbons (Fsp3) is 0.627. The van der Waals surface area contributed by atoms with Crippen molar-refractivity contribution in [3.63, 3.8) is 0 Å². The van der Waals surface area contributed by atoms with Gasteiger partial charge in [-0.2, -0.15) is 0 Å². The highest BCUT2D eigenvalue weighted by atomic mass is 35.5. The van der Waals surface area contributed by atoms with Gasteiger partial charge in [-0.25, -0.2) is 9.59 Å². The molecule has 13 atom stereocenters. The normalized spacial score (nSPS) is 34.9. The summed E-state index contributed by atoms with van der Waals surface area (Å²) in [6, 6.07) is 0. The molecular weight excluding hydrogens is 955 g/mol. The Hall–Kier alpha value is -3.69. The molecule has 0 aromatic heterocycles. The van der Waals surface area contributed by atoms with E-state index in [0.717, 1.165) is 0 Å². The van der Waals surface area contributed by atoms with E-state index in [1.165, 1.54) is 13.0 Å². The van der Waals surface area contributed by atoms with Crippen LogP contribution >= 0.6 is 23.2 Å². The van der Waals surface area contributed by atoms with Gasteiger partial charge in [0.15, 0.2) is 36.0 Å². The monoisotopic (exact) mass is 1030 g/mol. The molecule has 0 aliphatic carbocycles. The summed E-state index contributed by atoms with van der Waals surface area (Å²) in [5, 5.41) is 76.3. The second-order valence-corrected chi connectivity index (χ2v) is 19.6. The maximum absolute atomic E-state index is 13.9. The average molecular weight is 1030 g/mol. The van der Waals surface area contributed by atoms with Gasteiger partial charge in [0.2, 0.25) is 0 Å². The summed E-state index contributed by atoms with van der Waals surface area (Å²) in [6.45, 7) is 18.4. The van der Waals surface area contributed by atoms with Gasteiger partial charge in [-0.15, -0.1) is 0 Å². The second kappa shape index (κ2) is 25.8. The molecule has 70 heavy (non-hydrogen) atoms. The number of phenolic OH excluding ortho intramolecular Hbond substituents is 2. The number of hydrogen-bond acceptors (Lipinski definition) is 17. The van der Waals surface area contributed by atoms with Crippen molar-refractivity contribution in [1.29, 1.82) is 0 Å². The van der Waals surface area contributed by atoms with Gasteiger partial charge in [-0.05, 0) is 96.1 Å². The number of carbonyl (C=O) groups is 3. The van der Waals surface area contributed by atoms with Crippen molar-refractivity contribution in [1.82, 2.24) is 0 Å². The predicted octanol–water partition coefficient (Wildman–Crippen LogP) is 6.26. The number of phenols is 2. The summed E-state index contributed by atoms with van der Waals surface area (Å²) in [4.78, 5) is 39.6. The zero-order valence-corrected chi connectivity index (χ0v) is 43.3. The molecule has 0 saturated carbocycles. The third kappa shape index (κ3) is 14.3. The minimum atomic E-state index is -1.81. The molecule has 0 bridgehead atoms. The number of ketones is 1. The van der Waals surface area contributed by atoms with Crippen molar-refractivity contribution in [2.75, 3.05) is 13.2 Å². The van der Waals surface area contributed by atoms with Crippen LogP contribution in [-0.2, 0) is 49.2 Å². The molecule has 2 saturated heterocycles. The number of halogens is 2. The van der Waals surface area contributed by atoms with Crippen LogP contribution in [0.4, 0.5) is 0 Å². The molecule has 0 amide bonds. The van der Waals surface area contributed by atoms with Crippen LogP contribution in [0.5, 0.6) is 11.5 Å². The van der Waals surface area contributed by atoms with Crippen molar-refractivity contribution in [2.45, 2.75) is 181 Å². The number of aliphatic hydroxyl groups is 5. The lowest BCUT2D eigenvalue weighted by Gasteiger charge is -2.48. The molecule has 1 aromatic rings. The molecule has 4 rings (SSSR count). The van der Waals surface area contributed by atoms with Crippen LogP contribution in [0.25, 0.3) is 0 Å². The third-order valence-electron chi connectivity index (χ3n) is 12.7. The number of hydrogen-bond donors (Lipinski definition) is 7. The molecule has 1 aromatic carbocycles. The van der Waals surface area contributed by atoms with Crippen LogP contribution in [-0.4, -0.2) is 146 Å². The first-order valence-corrected chi connectivity index (χ1v) is 24.4. The molecule has 3 aliphatic rings. The Bertz CT molecular complexity index is 2160. The lowest BCUT2D eigenvalue weighted by molar-refractivity contribution is -0.336. The number of ether oxygens (including phenoxy) is 7. The topological polar surface area (TPSA) is 257 Å². The van der Waals surface area contributed by atoms with E-state index < -0.39 is 120 Å². The third-order valence-corrected chi connectivity index (χ3v) is 13.5. The largest absolute Gasteiger partial charge is 0.505 e. The summed E-state index contributed by atoms with van der Waals surface area (Å²) in [5.41, 5.74) is 0.400. The molecule has 392 valence electrons. The van der Waals surface area contributed by atoms with Crippen LogP contribution in [0.3, 0.4) is 0 Å². The van der Waals surface area contributed by atoms with Crippen molar-refractivity contribution in [3.8, 4) is 11.5 Å². The highest BCUT2D eigenvalue weighted by Crippen LogP contribution is 2.45. The van der Waals surface area contributed by atoms with Gasteiger partial charge in [-0.1, -0.05) is 87.7 Å². The lowest BCUT2D eigenvalue weighted by atomic mass is 9.88. The SMILES string of the molecule is CCc1c(Cl)c(O)c(Cl)c(O)c1C(=O)OC1[C@@H](C)O[C@@H](OC/C2=C\C=C\CC(O)/C(C)=C/[C@H](CC)[C@@H](O[C@@H]3OC(C)(C)[C@@H](OCC(=O)C(C)C)[C@H](O)[C@@H]3O)/C(C)=C/C(C)=C/C(CC)OC2=O)[C@@H](O)[C@H]1O. The molecule has 17 nitrogen and oxygen atoms in total. The van der Waals surface area contributed by atoms with Gasteiger partial charge in [0.25, 0.3) is 0 Å². The van der Waals surface area contributed by atoms with E-state index >= 15 is 0 Å². The van der Waals surface area contributed by atoms with E-state index in [2.05, 4.69) is 0 Å². The zero-order chi connectivity index (χ0) is 52.5. The number of carbonyl (C=O) groups excluding carboxylic acids is 3. The van der Waals surface area contributed by atoms with E-state index in [1.807, 2.05) is 39.8 Å². The Morgan fingerprint density at radius 3 is 2.14 bits per heavy atom. The quantitative estimate of drug-likeness (QED) is 0.0801. The first-order valence-electron chi connectivity index (χ1n) is 23.7. The van der Waals surface area contributed by atoms with Crippen molar-refractivity contribution in [2.24, 2.45) is 11.8 Å². The first-order chi connectivity index (χ1) is 32.8. The van der Waals surface area contributed by atoms with Gasteiger partial charge in [0.1, 0.15) is 53.8 Å². The van der Waals surface area contributed by atoms with E-state index in [-0.39, 0.29) is 53.2 Å². The zero-order valence-electron chi connectivity index (χ0n) is 41.8. The van der Waals surface area contributed by atoms with E-state index in [1.54, 1.807) is 59.8 Å². The fourth-order valence-electron chi connectivity index (χ4n) is 8.40. The lowest BCUT2D eigenvalue weighted by Crippen LogP contribution is -2.64. The number of allylic oxidation sites excluding steroid dienone is 4. The van der Waals surface area contributed by atoms with Gasteiger partial charge < -0.3 is 68.9 Å². The van der Waals surface area contributed by atoms with Gasteiger partial charge in [-0.3, -0.25) is 4.79 Å². The maximum Gasteiger partial charge on any atom is 0.342 e. The molecule has 3 heterocycles. The average Bonchev–Trinajstić information content (AvgIpc) is 3.30. The summed E-state index contributed by atoms with van der Waals surface area (Å²) in [6.07, 6.45) is -4.33. The van der Waals surface area contributed by atoms with E-state index in [4.69, 9.17) is 56.4 Å². The minimum Gasteiger partial charge on any atom is -0.505 e. The minimum absolute atomic E-state index is 0.0106. The molecule has 0 radical (unpaired) electrons. The fourth-order valence-corrected chi connectivity index (χ4v) is 8.96. The second-order valence-electron chi connectivity index (χ2n) is 18.9. The molecule has 2 fully saturated rings. The summed E-state index contributed by atoms with van der Waals surface area (Å²) in [7, 11) is 0. The van der Waals surface area contributed by atoms with Gasteiger partial charge in [0.05, 0.1) is 41.1 Å². The van der Waals surface area contributed by atoms with Gasteiger partial charge >= 0.3 is 11.9 Å². The summed E-state index contributed by atoms with van der Waals surface area (Å²) >= 11 is 12.2. The Kier molecular flexibility index (Phi) is 21.7. The van der Waals surface area contributed by atoms with Gasteiger partial charge in [0, 0.05) is 11.8 Å². The number of Topliss-reactive ketones (excluding diaryl/α,β-unsaturated/α-hetero) is 1. The predicted molar refractivity (Wildman–Crippen MR) is 259 cm³/mol. The summed E-state index contributed by atoms with van der Waals surface area (Å²) < 4.78 is 41.9. The molecule has 0 spiro atoms. The van der Waals surface area contributed by atoms with Crippen molar-refractivity contribution >= 4 is 40.9 Å². The van der Waals surface area contributed by atoms with Crippen LogP contribution < -0.4 is 0 Å². The number of benzene rings is 1. The maximum atomic E-state index is 13.9. The number of aromatic hydroxyl groups is 2. The Labute approximate surface area is 420 Å². The number of cyclic esters (lactones) is 1. The smallest absolute Gasteiger partial charge is 0.342 e. The van der Waals surface area contributed by atoms with Crippen LogP contribution in [0.1, 0.15) is 111 Å². The first kappa shape index (κ1) is 58.9. The van der Waals surface area contributed by atoms with E-state index in [0.29, 0.717) is 29.6 Å².